The third-order valence-corrected chi connectivity index (χ3v) is 6.00. The number of rotatable bonds is 7. The number of Topliss-reactive ketones (excluding diaryl/α,β-unsaturated/α-hetero) is 1. The van der Waals surface area contributed by atoms with Crippen molar-refractivity contribution in [2.24, 2.45) is 0 Å². The number of thiophene rings is 1. The standard InChI is InChI=1S/C21H26N2O3S/c1-22-12-13-23(15-17(22)16-7-3-4-9-19(16)26-2)21(25)11-5-8-18(24)20-10-6-14-27-20/h3-4,6-7,9-10,14,17H,5,8,11-13,15H2,1-2H3. The molecule has 1 fully saturated rings. The first-order valence-electron chi connectivity index (χ1n) is 9.27. The van der Waals surface area contributed by atoms with Gasteiger partial charge in [-0.05, 0) is 31.0 Å². The number of hydrogen-bond donors (Lipinski definition) is 0. The molecule has 0 N–H and O–H groups in total. The lowest BCUT2D eigenvalue weighted by Crippen LogP contribution is -2.49. The highest BCUT2D eigenvalue weighted by molar-refractivity contribution is 7.12. The Morgan fingerprint density at radius 3 is 2.70 bits per heavy atom. The van der Waals surface area contributed by atoms with Gasteiger partial charge in [-0.2, -0.15) is 0 Å². The lowest BCUT2D eigenvalue weighted by atomic mass is 10.0. The molecule has 0 saturated carbocycles. The molecule has 1 aliphatic rings. The van der Waals surface area contributed by atoms with Gasteiger partial charge in [0.1, 0.15) is 5.75 Å². The monoisotopic (exact) mass is 386 g/mol. The lowest BCUT2D eigenvalue weighted by molar-refractivity contribution is -0.134. The molecule has 144 valence electrons. The zero-order valence-corrected chi connectivity index (χ0v) is 16.7. The second-order valence-corrected chi connectivity index (χ2v) is 7.78. The van der Waals surface area contributed by atoms with E-state index in [1.54, 1.807) is 7.11 Å². The maximum atomic E-state index is 12.7. The number of carbonyl (C=O) groups is 2. The van der Waals surface area contributed by atoms with E-state index in [9.17, 15) is 9.59 Å². The van der Waals surface area contributed by atoms with Crippen LogP contribution < -0.4 is 4.74 Å². The average Bonchev–Trinajstić information content (AvgIpc) is 3.23. The summed E-state index contributed by atoms with van der Waals surface area (Å²) in [6, 6.07) is 11.8. The molecule has 1 aromatic heterocycles. The van der Waals surface area contributed by atoms with E-state index in [1.165, 1.54) is 11.3 Å². The van der Waals surface area contributed by atoms with Crippen molar-refractivity contribution < 1.29 is 14.3 Å². The van der Waals surface area contributed by atoms with E-state index in [-0.39, 0.29) is 17.7 Å². The van der Waals surface area contributed by atoms with Crippen molar-refractivity contribution in [2.75, 3.05) is 33.8 Å². The van der Waals surface area contributed by atoms with Crippen molar-refractivity contribution in [2.45, 2.75) is 25.3 Å². The van der Waals surface area contributed by atoms with Gasteiger partial charge in [0.25, 0.3) is 0 Å². The van der Waals surface area contributed by atoms with Gasteiger partial charge in [-0.1, -0.05) is 24.3 Å². The Kier molecular flexibility index (Phi) is 6.63. The summed E-state index contributed by atoms with van der Waals surface area (Å²) in [7, 11) is 3.76. The topological polar surface area (TPSA) is 49.9 Å². The fourth-order valence-corrected chi connectivity index (χ4v) is 4.19. The van der Waals surface area contributed by atoms with Crippen LogP contribution in [0.3, 0.4) is 0 Å². The summed E-state index contributed by atoms with van der Waals surface area (Å²) >= 11 is 1.46. The molecule has 0 aliphatic carbocycles. The summed E-state index contributed by atoms with van der Waals surface area (Å²) in [5, 5.41) is 1.90. The summed E-state index contributed by atoms with van der Waals surface area (Å²) < 4.78 is 5.50. The van der Waals surface area contributed by atoms with E-state index in [4.69, 9.17) is 4.74 Å². The highest BCUT2D eigenvalue weighted by Gasteiger charge is 2.29. The van der Waals surface area contributed by atoms with Gasteiger partial charge < -0.3 is 9.64 Å². The van der Waals surface area contributed by atoms with E-state index < -0.39 is 0 Å². The molecule has 3 rings (SSSR count). The SMILES string of the molecule is COc1ccccc1C1CN(C(=O)CCCC(=O)c2cccs2)CCN1C. The molecule has 1 unspecified atom stereocenters. The van der Waals surface area contributed by atoms with Crippen LogP contribution in [0.4, 0.5) is 0 Å². The number of piperazine rings is 1. The van der Waals surface area contributed by atoms with Crippen LogP contribution in [-0.4, -0.2) is 55.3 Å². The lowest BCUT2D eigenvalue weighted by Gasteiger charge is -2.40. The largest absolute Gasteiger partial charge is 0.496 e. The summed E-state index contributed by atoms with van der Waals surface area (Å²) in [6.45, 7) is 2.19. The first-order valence-corrected chi connectivity index (χ1v) is 10.2. The van der Waals surface area contributed by atoms with Crippen LogP contribution >= 0.6 is 11.3 Å². The second kappa shape index (κ2) is 9.15. The van der Waals surface area contributed by atoms with Crippen LogP contribution in [0, 0.1) is 0 Å². The molecule has 2 heterocycles. The van der Waals surface area contributed by atoms with Crippen molar-refractivity contribution in [3.8, 4) is 5.75 Å². The van der Waals surface area contributed by atoms with Gasteiger partial charge in [-0.15, -0.1) is 11.3 Å². The number of benzene rings is 1. The van der Waals surface area contributed by atoms with Crippen molar-refractivity contribution >= 4 is 23.0 Å². The van der Waals surface area contributed by atoms with Gasteiger partial charge in [0, 0.05) is 38.0 Å². The highest BCUT2D eigenvalue weighted by atomic mass is 32.1. The second-order valence-electron chi connectivity index (χ2n) is 6.83. The maximum Gasteiger partial charge on any atom is 0.222 e. The van der Waals surface area contributed by atoms with Gasteiger partial charge in [-0.25, -0.2) is 0 Å². The molecular weight excluding hydrogens is 360 g/mol. The number of amides is 1. The molecule has 0 spiro atoms. The molecule has 27 heavy (non-hydrogen) atoms. The number of hydrogen-bond acceptors (Lipinski definition) is 5. The number of methoxy groups -OCH3 is 1. The number of likely N-dealkylation sites (N-methyl/N-ethyl adjacent to an activating group) is 1. The van der Waals surface area contributed by atoms with Crippen LogP contribution in [0.1, 0.15) is 40.5 Å². The summed E-state index contributed by atoms with van der Waals surface area (Å²) in [5.41, 5.74) is 1.10. The molecule has 0 radical (unpaired) electrons. The van der Waals surface area contributed by atoms with Gasteiger partial charge in [0.15, 0.2) is 5.78 Å². The van der Waals surface area contributed by atoms with Crippen molar-refractivity contribution in [1.82, 2.24) is 9.80 Å². The van der Waals surface area contributed by atoms with Crippen LogP contribution in [0.2, 0.25) is 0 Å². The van der Waals surface area contributed by atoms with E-state index in [1.807, 2.05) is 40.6 Å². The number of ether oxygens (including phenoxy) is 1. The van der Waals surface area contributed by atoms with Crippen LogP contribution in [0.15, 0.2) is 41.8 Å². The predicted molar refractivity (Wildman–Crippen MR) is 107 cm³/mol. The Morgan fingerprint density at radius 1 is 1.15 bits per heavy atom. The fraction of sp³-hybridized carbons (Fsp3) is 0.429. The van der Waals surface area contributed by atoms with Gasteiger partial charge in [0.05, 0.1) is 18.0 Å². The third-order valence-electron chi connectivity index (χ3n) is 5.09. The Hall–Kier alpha value is -2.18. The van der Waals surface area contributed by atoms with E-state index in [0.29, 0.717) is 25.8 Å². The minimum Gasteiger partial charge on any atom is -0.496 e. The molecule has 1 aliphatic heterocycles. The normalized spacial score (nSPS) is 17.7. The van der Waals surface area contributed by atoms with E-state index in [2.05, 4.69) is 18.0 Å². The van der Waals surface area contributed by atoms with Gasteiger partial charge in [0.2, 0.25) is 5.91 Å². The Bertz CT molecular complexity index is 775. The van der Waals surface area contributed by atoms with Crippen LogP contribution in [0.25, 0.3) is 0 Å². The van der Waals surface area contributed by atoms with Crippen molar-refractivity contribution in [1.29, 1.82) is 0 Å². The number of nitrogens with zero attached hydrogens (tertiary/aromatic N) is 2. The average molecular weight is 387 g/mol. The molecular formula is C21H26N2O3S. The number of ketones is 1. The van der Waals surface area contributed by atoms with Crippen LogP contribution in [-0.2, 0) is 4.79 Å². The Balaban J connectivity index is 1.57. The van der Waals surface area contributed by atoms with Crippen LogP contribution in [0.5, 0.6) is 5.75 Å². The summed E-state index contributed by atoms with van der Waals surface area (Å²) in [5.74, 6) is 1.11. The first kappa shape index (κ1) is 19.6. The van der Waals surface area contributed by atoms with E-state index in [0.717, 1.165) is 29.3 Å². The van der Waals surface area contributed by atoms with Crippen molar-refractivity contribution in [3.63, 3.8) is 0 Å². The molecule has 1 amide bonds. The summed E-state index contributed by atoms with van der Waals surface area (Å²) in [6.07, 6.45) is 1.44. The quantitative estimate of drug-likeness (QED) is 0.682. The number of para-hydroxylation sites is 1. The molecule has 0 bridgehead atoms. The zero-order valence-electron chi connectivity index (χ0n) is 15.9. The van der Waals surface area contributed by atoms with E-state index >= 15 is 0 Å². The van der Waals surface area contributed by atoms with Gasteiger partial charge in [-0.3, -0.25) is 14.5 Å². The molecule has 2 aromatic rings. The Morgan fingerprint density at radius 2 is 1.96 bits per heavy atom. The predicted octanol–water partition coefficient (Wildman–Crippen LogP) is 3.63. The highest BCUT2D eigenvalue weighted by Crippen LogP contribution is 2.31. The smallest absolute Gasteiger partial charge is 0.222 e. The third kappa shape index (κ3) is 4.76. The molecule has 5 nitrogen and oxygen atoms in total. The summed E-state index contributed by atoms with van der Waals surface area (Å²) in [4.78, 5) is 29.7. The zero-order chi connectivity index (χ0) is 19.2. The van der Waals surface area contributed by atoms with Crippen molar-refractivity contribution in [3.05, 3.63) is 52.2 Å². The molecule has 1 aromatic carbocycles. The molecule has 1 atom stereocenters. The maximum absolute atomic E-state index is 12.7. The first-order chi connectivity index (χ1) is 13.1. The minimum atomic E-state index is 0.117. The molecule has 6 heteroatoms. The molecule has 1 saturated heterocycles. The number of carbonyl (C=O) groups excluding carboxylic acids is 2. The Labute approximate surface area is 164 Å². The fourth-order valence-electron chi connectivity index (χ4n) is 3.50. The van der Waals surface area contributed by atoms with Gasteiger partial charge >= 0.3 is 0 Å². The minimum absolute atomic E-state index is 0.117.